The summed E-state index contributed by atoms with van der Waals surface area (Å²) in [6.07, 6.45) is -8.29. The molecule has 0 bridgehead atoms. The van der Waals surface area contributed by atoms with Gasteiger partial charge in [0.25, 0.3) is 0 Å². The minimum absolute atomic E-state index is 0.00522. The number of halogens is 2. The number of hydrogen-bond donors (Lipinski definition) is 3. The number of carbonyl (C=O) groups excluding carboxylic acids is 3. The zero-order valence-corrected chi connectivity index (χ0v) is 35.4. The second-order valence-corrected chi connectivity index (χ2v) is 16.9. The van der Waals surface area contributed by atoms with Crippen molar-refractivity contribution in [3.05, 3.63) is 71.3 Å². The van der Waals surface area contributed by atoms with Crippen molar-refractivity contribution in [3.8, 4) is 0 Å². The van der Waals surface area contributed by atoms with Crippen LogP contribution in [0.3, 0.4) is 0 Å². The maximum atomic E-state index is 14.7. The van der Waals surface area contributed by atoms with Crippen LogP contribution in [0.4, 0.5) is 8.78 Å². The van der Waals surface area contributed by atoms with E-state index < -0.39 is 114 Å². The molecule has 0 saturated carbocycles. The molecule has 2 saturated heterocycles. The van der Waals surface area contributed by atoms with Gasteiger partial charge in [0.1, 0.15) is 41.3 Å². The molecule has 2 aromatic rings. The van der Waals surface area contributed by atoms with Crippen LogP contribution in [0.5, 0.6) is 0 Å². The number of benzene rings is 2. The molecule has 2 heterocycles. The molecule has 2 aliphatic rings. The number of ether oxygens (including phenoxy) is 5. The van der Waals surface area contributed by atoms with E-state index in [1.807, 2.05) is 18.9 Å². The summed E-state index contributed by atoms with van der Waals surface area (Å²) in [6, 6.07) is 11.3. The monoisotopic (exact) mass is 819 g/mol. The van der Waals surface area contributed by atoms with E-state index in [1.54, 1.807) is 45.9 Å². The fourth-order valence-electron chi connectivity index (χ4n) is 8.69. The third-order valence-electron chi connectivity index (χ3n) is 12.3. The highest BCUT2D eigenvalue weighted by atomic mass is 19.1. The Morgan fingerprint density at radius 2 is 1.62 bits per heavy atom. The Balaban J connectivity index is 1.80. The molecule has 14 heteroatoms. The molecule has 12 nitrogen and oxygen atoms in total. The highest BCUT2D eigenvalue weighted by Crippen LogP contribution is 2.40. The molecule has 2 fully saturated rings. The molecule has 324 valence electrons. The van der Waals surface area contributed by atoms with E-state index in [4.69, 9.17) is 23.7 Å². The Morgan fingerprint density at radius 1 is 0.983 bits per heavy atom. The second kappa shape index (κ2) is 19.8. The predicted molar refractivity (Wildman–Crippen MR) is 210 cm³/mol. The van der Waals surface area contributed by atoms with Crippen LogP contribution >= 0.6 is 0 Å². The van der Waals surface area contributed by atoms with E-state index in [1.165, 1.54) is 58.2 Å². The van der Waals surface area contributed by atoms with Gasteiger partial charge >= 0.3 is 11.9 Å². The first kappa shape index (κ1) is 47.3. The first-order chi connectivity index (χ1) is 27.1. The fourth-order valence-corrected chi connectivity index (χ4v) is 8.69. The van der Waals surface area contributed by atoms with Crippen molar-refractivity contribution in [2.24, 2.45) is 23.7 Å². The summed E-state index contributed by atoms with van der Waals surface area (Å²) in [5, 5.41) is 35.0. The molecule has 58 heavy (non-hydrogen) atoms. The normalized spacial score (nSPS) is 36.9. The summed E-state index contributed by atoms with van der Waals surface area (Å²) in [4.78, 5) is 43.8. The zero-order chi connectivity index (χ0) is 43.3. The molecule has 0 aliphatic carbocycles. The SMILES string of the molecule is CC[C@H]1OC(=O)[C@H](C)[C@@H](OC(=O)Cc2ccccc2F)[C@H](C)[C@@H](O[C@@H]2O[C@H](C)C[C@H](N(C)Cc3ccc(F)cc3)[C@H]2O)[C@](C)(OC)C[C@@H](C)C(=O)[C@H](C)[C@@H](O)[C@]1(C)O. The lowest BCUT2D eigenvalue weighted by Gasteiger charge is -2.48. The quantitative estimate of drug-likeness (QED) is 0.271. The van der Waals surface area contributed by atoms with Crippen LogP contribution in [-0.4, -0.2) is 112 Å². The van der Waals surface area contributed by atoms with Gasteiger partial charge in [-0.2, -0.15) is 0 Å². The number of carbonyl (C=O) groups is 3. The van der Waals surface area contributed by atoms with Crippen LogP contribution in [0.1, 0.15) is 85.8 Å². The van der Waals surface area contributed by atoms with Gasteiger partial charge in [0.2, 0.25) is 0 Å². The van der Waals surface area contributed by atoms with Crippen LogP contribution in [0.15, 0.2) is 48.5 Å². The third kappa shape index (κ3) is 10.9. The first-order valence-corrected chi connectivity index (χ1v) is 20.2. The predicted octanol–water partition coefficient (Wildman–Crippen LogP) is 5.16. The number of aliphatic hydroxyl groups is 3. The summed E-state index contributed by atoms with van der Waals surface area (Å²) in [5.74, 6) is -7.16. The number of cyclic esters (lactones) is 1. The standard InChI is InChI=1S/C44H63F2NO11/c1-11-34-44(8,53)39(51)26(4)36(49)24(2)22-43(7,54-10)40(27(5)38(28(6)41(52)56-34)57-35(48)21-30-14-12-13-15-32(30)46)58-42-37(50)33(20-25(3)55-42)47(9)23-29-16-18-31(45)19-17-29/h12-19,24-28,33-34,37-40,42,50-51,53H,11,20-23H2,1-10H3/t24-,25-,26+,27+,28-,33+,34-,37-,38+,39-,40-,42+,43-,44-/m1/s1. The Kier molecular flexibility index (Phi) is 16.1. The number of Topliss-reactive ketones (excluding diaryl/α,β-unsaturated/α-hetero) is 1. The smallest absolute Gasteiger partial charge is 0.312 e. The van der Waals surface area contributed by atoms with Crippen LogP contribution in [-0.2, 0) is 51.0 Å². The fraction of sp³-hybridized carbons (Fsp3) is 0.659. The van der Waals surface area contributed by atoms with Crippen molar-refractivity contribution in [2.75, 3.05) is 14.2 Å². The minimum Gasteiger partial charge on any atom is -0.461 e. The molecular weight excluding hydrogens is 756 g/mol. The van der Waals surface area contributed by atoms with Gasteiger partial charge < -0.3 is 39.0 Å². The maximum absolute atomic E-state index is 14.7. The highest BCUT2D eigenvalue weighted by Gasteiger charge is 2.53. The van der Waals surface area contributed by atoms with E-state index in [2.05, 4.69) is 0 Å². The van der Waals surface area contributed by atoms with E-state index in [9.17, 15) is 38.5 Å². The number of methoxy groups -OCH3 is 1. The lowest BCUT2D eigenvalue weighted by atomic mass is 9.74. The molecule has 4 rings (SSSR count). The van der Waals surface area contributed by atoms with E-state index in [-0.39, 0.29) is 24.2 Å². The molecular formula is C44H63F2NO11. The topological polar surface area (TPSA) is 161 Å². The molecule has 0 amide bonds. The van der Waals surface area contributed by atoms with Crippen molar-refractivity contribution in [1.29, 1.82) is 0 Å². The van der Waals surface area contributed by atoms with Gasteiger partial charge in [-0.1, -0.05) is 58.0 Å². The summed E-state index contributed by atoms with van der Waals surface area (Å²) in [5.41, 5.74) is -2.55. The highest BCUT2D eigenvalue weighted by molar-refractivity contribution is 5.83. The Morgan fingerprint density at radius 3 is 2.22 bits per heavy atom. The lowest BCUT2D eigenvalue weighted by molar-refractivity contribution is -0.302. The average Bonchev–Trinajstić information content (AvgIpc) is 3.18. The van der Waals surface area contributed by atoms with Crippen LogP contribution in [0, 0.1) is 35.3 Å². The maximum Gasteiger partial charge on any atom is 0.312 e. The first-order valence-electron chi connectivity index (χ1n) is 20.2. The Labute approximate surface area is 341 Å². The van der Waals surface area contributed by atoms with Crippen molar-refractivity contribution in [2.45, 2.75) is 148 Å². The average molecular weight is 820 g/mol. The number of likely N-dealkylation sites (N-methyl/N-ethyl adjacent to an activating group) is 1. The van der Waals surface area contributed by atoms with Gasteiger partial charge in [-0.25, -0.2) is 8.78 Å². The van der Waals surface area contributed by atoms with Crippen molar-refractivity contribution in [1.82, 2.24) is 4.90 Å². The molecule has 0 unspecified atom stereocenters. The number of nitrogens with zero attached hydrogens (tertiary/aromatic N) is 1. The van der Waals surface area contributed by atoms with E-state index in [0.29, 0.717) is 13.0 Å². The zero-order valence-electron chi connectivity index (χ0n) is 35.4. The van der Waals surface area contributed by atoms with Crippen molar-refractivity contribution >= 4 is 17.7 Å². The molecule has 2 aliphatic heterocycles. The number of hydrogen-bond acceptors (Lipinski definition) is 12. The van der Waals surface area contributed by atoms with Gasteiger partial charge in [0.05, 0.1) is 36.3 Å². The van der Waals surface area contributed by atoms with Crippen molar-refractivity contribution < 1.29 is 62.2 Å². The van der Waals surface area contributed by atoms with Gasteiger partial charge in [-0.3, -0.25) is 19.3 Å². The van der Waals surface area contributed by atoms with Gasteiger partial charge in [-0.05, 0) is 83.3 Å². The third-order valence-corrected chi connectivity index (χ3v) is 12.3. The molecule has 0 aromatic heterocycles. The minimum atomic E-state index is -2.05. The summed E-state index contributed by atoms with van der Waals surface area (Å²) in [6.45, 7) is 13.2. The Hall–Kier alpha value is -3.37. The molecule has 3 N–H and O–H groups in total. The van der Waals surface area contributed by atoms with Gasteiger partial charge in [0.15, 0.2) is 6.29 Å². The van der Waals surface area contributed by atoms with Gasteiger partial charge in [-0.15, -0.1) is 0 Å². The number of esters is 2. The van der Waals surface area contributed by atoms with Gasteiger partial charge in [0, 0.05) is 37.5 Å². The van der Waals surface area contributed by atoms with Crippen LogP contribution < -0.4 is 0 Å². The van der Waals surface area contributed by atoms with E-state index in [0.717, 1.165) is 5.56 Å². The molecule has 0 radical (unpaired) electrons. The van der Waals surface area contributed by atoms with Crippen molar-refractivity contribution in [3.63, 3.8) is 0 Å². The lowest BCUT2D eigenvalue weighted by Crippen LogP contribution is -2.61. The molecule has 0 spiro atoms. The number of rotatable bonds is 10. The van der Waals surface area contributed by atoms with Crippen LogP contribution in [0.2, 0.25) is 0 Å². The van der Waals surface area contributed by atoms with Crippen LogP contribution in [0.25, 0.3) is 0 Å². The molecule has 14 atom stereocenters. The number of aliphatic hydroxyl groups excluding tert-OH is 2. The largest absolute Gasteiger partial charge is 0.461 e. The summed E-state index contributed by atoms with van der Waals surface area (Å²) in [7, 11) is 3.26. The molecule has 2 aromatic carbocycles. The summed E-state index contributed by atoms with van der Waals surface area (Å²) < 4.78 is 59.6. The second-order valence-electron chi connectivity index (χ2n) is 16.9. The van der Waals surface area contributed by atoms with E-state index >= 15 is 0 Å². The summed E-state index contributed by atoms with van der Waals surface area (Å²) >= 11 is 0. The number of ketones is 1. The Bertz CT molecular complexity index is 1690.